The first-order valence-electron chi connectivity index (χ1n) is 13.0. The van der Waals surface area contributed by atoms with Gasteiger partial charge in [-0.3, -0.25) is 0 Å². The van der Waals surface area contributed by atoms with Crippen LogP contribution in [-0.4, -0.2) is 0 Å². The van der Waals surface area contributed by atoms with E-state index in [2.05, 4.69) is 98.6 Å². The predicted octanol–water partition coefficient (Wildman–Crippen LogP) is 2.51. The van der Waals surface area contributed by atoms with Gasteiger partial charge >= 0.3 is 18.6 Å². The van der Waals surface area contributed by atoms with Crippen LogP contribution < -0.4 is 24.8 Å². The molecule has 0 N–H and O–H groups in total. The minimum atomic E-state index is -0.0818. The van der Waals surface area contributed by atoms with Gasteiger partial charge in [0.05, 0.1) is 0 Å². The van der Waals surface area contributed by atoms with Crippen molar-refractivity contribution in [3.8, 4) is 34.6 Å². The molecule has 4 aromatic rings. The summed E-state index contributed by atoms with van der Waals surface area (Å²) in [6.07, 6.45) is 11.8. The summed E-state index contributed by atoms with van der Waals surface area (Å²) in [5.74, 6) is 2.80. The summed E-state index contributed by atoms with van der Waals surface area (Å²) in [6, 6.07) is 29.7. The Labute approximate surface area is 252 Å². The first-order chi connectivity index (χ1) is 17.1. The number of rotatable bonds is 6. The van der Waals surface area contributed by atoms with E-state index in [0.29, 0.717) is 0 Å². The first-order valence-corrected chi connectivity index (χ1v) is 13.0. The molecule has 0 aliphatic heterocycles. The molecule has 6 rings (SSSR count). The molecule has 38 heavy (non-hydrogen) atoms. The van der Waals surface area contributed by atoms with E-state index in [-0.39, 0.29) is 48.8 Å². The zero-order chi connectivity index (χ0) is 24.0. The molecule has 3 heteroatoms. The Morgan fingerprint density at radius 2 is 1.29 bits per heavy atom. The predicted molar refractivity (Wildman–Crippen MR) is 148 cm³/mol. The van der Waals surface area contributed by atoms with Crippen LogP contribution in [0.3, 0.4) is 0 Å². The zero-order valence-electron chi connectivity index (χ0n) is 22.0. The minimum absolute atomic E-state index is 0. The van der Waals surface area contributed by atoms with Gasteiger partial charge in [-0.05, 0) is 93.3 Å². The Kier molecular flexibility index (Phi) is 9.68. The Bertz CT molecular complexity index is 1490. The summed E-state index contributed by atoms with van der Waals surface area (Å²) >= 11 is 0. The van der Waals surface area contributed by atoms with Crippen molar-refractivity contribution >= 4 is 0 Å². The van der Waals surface area contributed by atoms with E-state index in [4.69, 9.17) is 6.42 Å². The number of halogens is 2. The van der Waals surface area contributed by atoms with E-state index in [1.165, 1.54) is 61.2 Å². The number of terminal acetylenes is 1. The second-order valence-corrected chi connectivity index (χ2v) is 10.7. The molecule has 0 unspecified atom stereocenters. The molecule has 0 heterocycles. The maximum atomic E-state index is 5.50. The maximum absolute atomic E-state index is 5.50. The van der Waals surface area contributed by atoms with Crippen LogP contribution in [-0.2, 0) is 43.2 Å². The van der Waals surface area contributed by atoms with E-state index >= 15 is 0 Å². The fourth-order valence-corrected chi connectivity index (χ4v) is 6.55. The van der Waals surface area contributed by atoms with Gasteiger partial charge in [0, 0.05) is 11.8 Å². The van der Waals surface area contributed by atoms with Gasteiger partial charge in [0.15, 0.2) is 0 Å². The van der Waals surface area contributed by atoms with Crippen LogP contribution in [0.4, 0.5) is 0 Å². The first kappa shape index (κ1) is 30.2. The molecule has 0 nitrogen and oxygen atoms in total. The van der Waals surface area contributed by atoms with Crippen LogP contribution in [0.5, 0.6) is 0 Å². The topological polar surface area (TPSA) is 0 Å². The Morgan fingerprint density at radius 1 is 0.684 bits per heavy atom. The summed E-state index contributed by atoms with van der Waals surface area (Å²) in [6.45, 7) is 4.85. The normalized spacial score (nSPS) is 12.0. The van der Waals surface area contributed by atoms with Crippen LogP contribution in [0.25, 0.3) is 22.3 Å². The summed E-state index contributed by atoms with van der Waals surface area (Å²) < 4.78 is 0. The molecule has 0 fully saturated rings. The molecule has 191 valence electrons. The van der Waals surface area contributed by atoms with Crippen LogP contribution in [0.1, 0.15) is 72.1 Å². The van der Waals surface area contributed by atoms with Gasteiger partial charge in [-0.25, -0.2) is 0 Å². The summed E-state index contributed by atoms with van der Waals surface area (Å²) in [5, 5.41) is 0. The quantitative estimate of drug-likeness (QED) is 0.212. The van der Waals surface area contributed by atoms with Crippen molar-refractivity contribution in [3.05, 3.63) is 118 Å². The zero-order valence-corrected chi connectivity index (χ0v) is 24.9. The van der Waals surface area contributed by atoms with Crippen molar-refractivity contribution < 1.29 is 43.4 Å². The molecule has 2 aliphatic carbocycles. The molecule has 0 aromatic heterocycles. The number of aryl methyl sites for hydroxylation is 1. The molecule has 1 radical (unpaired) electrons. The minimum Gasteiger partial charge on any atom is -1.00 e. The SMILES string of the molecule is C#CCCCCc1ccc(C(C)(C)c2cccc3c2Cc2ccccc2-3)c2c1-c1ccccc1C2.[Cl-].[Cl-].[V+2]. The molecule has 0 saturated heterocycles. The Morgan fingerprint density at radius 3 is 2.03 bits per heavy atom. The van der Waals surface area contributed by atoms with Crippen LogP contribution in [0.2, 0.25) is 0 Å². The standard InChI is InChI=1S/C35H32.2ClH.V/c1-4-5-6-7-13-24-20-21-33(31-23-26-15-9-11-17-28(26)34(24)31)35(2,3)32-19-12-18-29-27-16-10-8-14-25(27)22-30(29)32;;;/h1,8-12,14-21H,5-7,13,22-23H2,2-3H3;2*1H;/q;;;+2/p-2. The molecular formula is C35H32Cl2V. The van der Waals surface area contributed by atoms with Gasteiger partial charge in [-0.1, -0.05) is 92.7 Å². The van der Waals surface area contributed by atoms with E-state index in [0.717, 1.165) is 38.5 Å². The van der Waals surface area contributed by atoms with Crippen LogP contribution in [0.15, 0.2) is 78.9 Å². The molecule has 2 aliphatic rings. The molecule has 0 atom stereocenters. The molecule has 4 aromatic carbocycles. The van der Waals surface area contributed by atoms with Gasteiger partial charge in [-0.15, -0.1) is 12.3 Å². The number of hydrogen-bond acceptors (Lipinski definition) is 0. The second-order valence-electron chi connectivity index (χ2n) is 10.7. The third-order valence-corrected chi connectivity index (χ3v) is 8.27. The van der Waals surface area contributed by atoms with Crippen molar-refractivity contribution in [2.24, 2.45) is 0 Å². The van der Waals surface area contributed by atoms with Gasteiger partial charge in [0.25, 0.3) is 0 Å². The monoisotopic (exact) mass is 573 g/mol. The Balaban J connectivity index is 0.00000133. The fraction of sp³-hybridized carbons (Fsp3) is 0.257. The van der Waals surface area contributed by atoms with E-state index < -0.39 is 0 Å². The van der Waals surface area contributed by atoms with Gasteiger partial charge in [0.2, 0.25) is 0 Å². The number of fused-ring (bicyclic) bond motifs is 6. The van der Waals surface area contributed by atoms with Gasteiger partial charge in [0.1, 0.15) is 0 Å². The summed E-state index contributed by atoms with van der Waals surface area (Å²) in [7, 11) is 0. The van der Waals surface area contributed by atoms with Crippen molar-refractivity contribution in [3.63, 3.8) is 0 Å². The third-order valence-electron chi connectivity index (χ3n) is 8.27. The van der Waals surface area contributed by atoms with Crippen molar-refractivity contribution in [2.45, 2.75) is 57.8 Å². The second kappa shape index (κ2) is 12.2. The van der Waals surface area contributed by atoms with Gasteiger partial charge < -0.3 is 24.8 Å². The Hall–Kier alpha value is -2.40. The number of hydrogen-bond donors (Lipinski definition) is 0. The largest absolute Gasteiger partial charge is 2.00 e. The van der Waals surface area contributed by atoms with E-state index in [9.17, 15) is 0 Å². The smallest absolute Gasteiger partial charge is 1.00 e. The average Bonchev–Trinajstić information content (AvgIpc) is 3.45. The van der Waals surface area contributed by atoms with Crippen LogP contribution >= 0.6 is 0 Å². The average molecular weight is 574 g/mol. The molecule has 0 saturated carbocycles. The fourth-order valence-electron chi connectivity index (χ4n) is 6.55. The summed E-state index contributed by atoms with van der Waals surface area (Å²) in [4.78, 5) is 0. The maximum Gasteiger partial charge on any atom is 2.00 e. The van der Waals surface area contributed by atoms with Gasteiger partial charge in [-0.2, -0.15) is 0 Å². The van der Waals surface area contributed by atoms with Crippen LogP contribution in [0, 0.1) is 12.3 Å². The van der Waals surface area contributed by atoms with Crippen molar-refractivity contribution in [1.82, 2.24) is 0 Å². The van der Waals surface area contributed by atoms with Crippen molar-refractivity contribution in [2.75, 3.05) is 0 Å². The van der Waals surface area contributed by atoms with E-state index in [1.807, 2.05) is 0 Å². The number of benzene rings is 4. The van der Waals surface area contributed by atoms with E-state index in [1.54, 1.807) is 0 Å². The summed E-state index contributed by atoms with van der Waals surface area (Å²) in [5.41, 5.74) is 16.0. The number of unbranched alkanes of at least 4 members (excludes halogenated alkanes) is 2. The molecular weight excluding hydrogens is 542 g/mol. The molecule has 0 amide bonds. The molecule has 0 bridgehead atoms. The third kappa shape index (κ3) is 4.99. The molecule has 0 spiro atoms. The van der Waals surface area contributed by atoms with Crippen molar-refractivity contribution in [1.29, 1.82) is 0 Å².